The lowest BCUT2D eigenvalue weighted by molar-refractivity contribution is -0.151. The van der Waals surface area contributed by atoms with Crippen molar-refractivity contribution in [3.8, 4) is 0 Å². The van der Waals surface area contributed by atoms with Crippen LogP contribution in [0.3, 0.4) is 0 Å². The predicted molar refractivity (Wildman–Crippen MR) is 56.2 cm³/mol. The van der Waals surface area contributed by atoms with Crippen molar-refractivity contribution in [2.24, 2.45) is 5.41 Å². The number of carboxylic acids is 1. The number of nitrogens with zero attached hydrogens (tertiary/aromatic N) is 1. The second-order valence-electron chi connectivity index (χ2n) is 4.64. The van der Waals surface area contributed by atoms with Crippen molar-refractivity contribution in [1.29, 1.82) is 0 Å². The Morgan fingerprint density at radius 3 is 2.79 bits per heavy atom. The van der Waals surface area contributed by atoms with Crippen LogP contribution in [0.2, 0.25) is 0 Å². The van der Waals surface area contributed by atoms with Gasteiger partial charge in [0.1, 0.15) is 0 Å². The Morgan fingerprint density at radius 2 is 2.29 bits per heavy atom. The van der Waals surface area contributed by atoms with E-state index in [1.807, 2.05) is 13.8 Å². The molecule has 0 bridgehead atoms. The first-order valence-corrected chi connectivity index (χ1v) is 5.04. The third kappa shape index (κ3) is 2.58. The van der Waals surface area contributed by atoms with E-state index in [0.717, 1.165) is 31.5 Å². The van der Waals surface area contributed by atoms with Gasteiger partial charge in [-0.1, -0.05) is 12.2 Å². The molecule has 14 heavy (non-hydrogen) atoms. The molecule has 3 nitrogen and oxygen atoms in total. The molecule has 1 heterocycles. The molecule has 80 valence electrons. The Hall–Kier alpha value is -0.830. The molecule has 1 unspecified atom stereocenters. The number of rotatable bonds is 3. The molecule has 0 aromatic heterocycles. The third-order valence-corrected chi connectivity index (χ3v) is 2.79. The van der Waals surface area contributed by atoms with Crippen LogP contribution in [0, 0.1) is 5.41 Å². The Labute approximate surface area is 85.4 Å². The van der Waals surface area contributed by atoms with Gasteiger partial charge in [0.2, 0.25) is 0 Å². The van der Waals surface area contributed by atoms with Gasteiger partial charge >= 0.3 is 5.97 Å². The zero-order valence-electron chi connectivity index (χ0n) is 9.05. The highest BCUT2D eigenvalue weighted by atomic mass is 16.4. The molecule has 0 radical (unpaired) electrons. The summed E-state index contributed by atoms with van der Waals surface area (Å²) in [5, 5.41) is 9.10. The molecule has 1 N–H and O–H groups in total. The van der Waals surface area contributed by atoms with Crippen molar-refractivity contribution < 1.29 is 9.90 Å². The van der Waals surface area contributed by atoms with Crippen molar-refractivity contribution in [2.45, 2.75) is 26.7 Å². The summed E-state index contributed by atoms with van der Waals surface area (Å²) in [5.41, 5.74) is 0.535. The van der Waals surface area contributed by atoms with Crippen molar-refractivity contribution >= 4 is 5.97 Å². The van der Waals surface area contributed by atoms with Gasteiger partial charge in [0.05, 0.1) is 5.41 Å². The van der Waals surface area contributed by atoms with Gasteiger partial charge in [0.15, 0.2) is 0 Å². The topological polar surface area (TPSA) is 40.5 Å². The minimum atomic E-state index is -0.677. The lowest BCUT2D eigenvalue weighted by atomic mass is 9.82. The molecule has 0 aromatic rings. The molecule has 1 saturated heterocycles. The number of carboxylic acid groups (broad SMARTS) is 1. The first-order valence-electron chi connectivity index (χ1n) is 5.04. The fourth-order valence-corrected chi connectivity index (χ4v) is 2.04. The number of likely N-dealkylation sites (tertiary alicyclic amines) is 1. The number of hydrogen-bond donors (Lipinski definition) is 1. The van der Waals surface area contributed by atoms with Gasteiger partial charge < -0.3 is 5.11 Å². The lowest BCUT2D eigenvalue weighted by Gasteiger charge is -2.37. The molecule has 0 saturated carbocycles. The maximum absolute atomic E-state index is 11.1. The van der Waals surface area contributed by atoms with E-state index in [1.165, 1.54) is 0 Å². The van der Waals surface area contributed by atoms with E-state index in [1.54, 1.807) is 0 Å². The molecule has 1 aliphatic heterocycles. The Balaban J connectivity index is 2.59. The molecule has 0 spiro atoms. The first-order chi connectivity index (χ1) is 6.44. The SMILES string of the molecule is C=C(C)CN1CCCC(C)(C(=O)O)C1. The van der Waals surface area contributed by atoms with Crippen LogP contribution in [0.15, 0.2) is 12.2 Å². The van der Waals surface area contributed by atoms with E-state index in [-0.39, 0.29) is 0 Å². The Kier molecular flexibility index (Phi) is 3.32. The second-order valence-corrected chi connectivity index (χ2v) is 4.64. The molecular weight excluding hydrogens is 178 g/mol. The number of piperidine rings is 1. The second kappa shape index (κ2) is 4.13. The molecule has 0 aromatic carbocycles. The summed E-state index contributed by atoms with van der Waals surface area (Å²) < 4.78 is 0. The van der Waals surface area contributed by atoms with E-state index in [2.05, 4.69) is 11.5 Å². The molecule has 0 aliphatic carbocycles. The summed E-state index contributed by atoms with van der Waals surface area (Å²) in [5.74, 6) is -0.677. The largest absolute Gasteiger partial charge is 0.481 e. The van der Waals surface area contributed by atoms with E-state index in [0.29, 0.717) is 6.54 Å². The standard InChI is InChI=1S/C11H19NO2/c1-9(2)7-12-6-4-5-11(3,8-12)10(13)14/h1,4-8H2,2-3H3,(H,13,14). The van der Waals surface area contributed by atoms with Crippen molar-refractivity contribution in [3.05, 3.63) is 12.2 Å². The van der Waals surface area contributed by atoms with Crippen molar-refractivity contribution in [1.82, 2.24) is 4.90 Å². The highest BCUT2D eigenvalue weighted by molar-refractivity contribution is 5.74. The van der Waals surface area contributed by atoms with Gasteiger partial charge in [-0.3, -0.25) is 9.69 Å². The maximum Gasteiger partial charge on any atom is 0.310 e. The number of carbonyl (C=O) groups is 1. The first kappa shape index (κ1) is 11.2. The van der Waals surface area contributed by atoms with Crippen LogP contribution in [0.4, 0.5) is 0 Å². The summed E-state index contributed by atoms with van der Waals surface area (Å²) in [6, 6.07) is 0. The van der Waals surface area contributed by atoms with Gasteiger partial charge in [0.25, 0.3) is 0 Å². The summed E-state index contributed by atoms with van der Waals surface area (Å²) >= 11 is 0. The number of aliphatic carboxylic acids is 1. The average molecular weight is 197 g/mol. The van der Waals surface area contributed by atoms with Crippen LogP contribution in [-0.2, 0) is 4.79 Å². The monoisotopic (exact) mass is 197 g/mol. The third-order valence-electron chi connectivity index (χ3n) is 2.79. The van der Waals surface area contributed by atoms with E-state index in [4.69, 9.17) is 5.11 Å². The van der Waals surface area contributed by atoms with Crippen LogP contribution in [0.25, 0.3) is 0 Å². The van der Waals surface area contributed by atoms with E-state index in [9.17, 15) is 4.79 Å². The van der Waals surface area contributed by atoms with E-state index < -0.39 is 11.4 Å². The van der Waals surface area contributed by atoms with Gasteiger partial charge in [-0.25, -0.2) is 0 Å². The van der Waals surface area contributed by atoms with Gasteiger partial charge in [0, 0.05) is 13.1 Å². The maximum atomic E-state index is 11.1. The fraction of sp³-hybridized carbons (Fsp3) is 0.727. The fourth-order valence-electron chi connectivity index (χ4n) is 2.04. The molecule has 1 atom stereocenters. The minimum absolute atomic E-state index is 0.562. The zero-order chi connectivity index (χ0) is 10.8. The minimum Gasteiger partial charge on any atom is -0.481 e. The van der Waals surface area contributed by atoms with Gasteiger partial charge in [-0.05, 0) is 33.2 Å². The van der Waals surface area contributed by atoms with Crippen molar-refractivity contribution in [2.75, 3.05) is 19.6 Å². The highest BCUT2D eigenvalue weighted by Gasteiger charge is 2.37. The Morgan fingerprint density at radius 1 is 1.64 bits per heavy atom. The Bertz CT molecular complexity index is 250. The molecule has 1 fully saturated rings. The van der Waals surface area contributed by atoms with Gasteiger partial charge in [-0.2, -0.15) is 0 Å². The van der Waals surface area contributed by atoms with Crippen LogP contribution in [0.5, 0.6) is 0 Å². The molecule has 1 aliphatic rings. The van der Waals surface area contributed by atoms with E-state index >= 15 is 0 Å². The smallest absolute Gasteiger partial charge is 0.310 e. The molecule has 1 rings (SSSR count). The zero-order valence-corrected chi connectivity index (χ0v) is 9.05. The average Bonchev–Trinajstić information content (AvgIpc) is 2.02. The predicted octanol–water partition coefficient (Wildman–Crippen LogP) is 1.75. The molecule has 0 amide bonds. The van der Waals surface area contributed by atoms with Crippen LogP contribution in [-0.4, -0.2) is 35.6 Å². The molecule has 3 heteroatoms. The molecular formula is C11H19NO2. The van der Waals surface area contributed by atoms with Crippen molar-refractivity contribution in [3.63, 3.8) is 0 Å². The normalized spacial score (nSPS) is 28.7. The summed E-state index contributed by atoms with van der Waals surface area (Å²) in [6.45, 7) is 10.1. The summed E-state index contributed by atoms with van der Waals surface area (Å²) in [4.78, 5) is 13.2. The van der Waals surface area contributed by atoms with Crippen LogP contribution < -0.4 is 0 Å². The lowest BCUT2D eigenvalue weighted by Crippen LogP contribution is -2.46. The summed E-state index contributed by atoms with van der Waals surface area (Å²) in [6.07, 6.45) is 1.76. The quantitative estimate of drug-likeness (QED) is 0.701. The van der Waals surface area contributed by atoms with Gasteiger partial charge in [-0.15, -0.1) is 0 Å². The van der Waals surface area contributed by atoms with Crippen LogP contribution >= 0.6 is 0 Å². The highest BCUT2D eigenvalue weighted by Crippen LogP contribution is 2.29. The number of hydrogen-bond acceptors (Lipinski definition) is 2. The summed E-state index contributed by atoms with van der Waals surface area (Å²) in [7, 11) is 0. The van der Waals surface area contributed by atoms with Crippen LogP contribution in [0.1, 0.15) is 26.7 Å².